The summed E-state index contributed by atoms with van der Waals surface area (Å²) in [5.41, 5.74) is 0.255. The quantitative estimate of drug-likeness (QED) is 0.384. The topological polar surface area (TPSA) is 108 Å². The van der Waals surface area contributed by atoms with Crippen LogP contribution in [0.15, 0.2) is 43.0 Å². The summed E-state index contributed by atoms with van der Waals surface area (Å²) in [6, 6.07) is 5.41. The Kier molecular flexibility index (Phi) is 6.84. The highest BCUT2D eigenvalue weighted by molar-refractivity contribution is 5.94. The molecule has 1 heterocycles. The van der Waals surface area contributed by atoms with Gasteiger partial charge in [0.15, 0.2) is 0 Å². The number of nitrogens with zero attached hydrogens (tertiary/aromatic N) is 4. The smallest absolute Gasteiger partial charge is 0.307 e. The summed E-state index contributed by atoms with van der Waals surface area (Å²) in [6.45, 7) is 1.33. The van der Waals surface area contributed by atoms with Gasteiger partial charge in [-0.15, -0.1) is 0 Å². The monoisotopic (exact) mass is 360 g/mol. The molecule has 1 aromatic heterocycles. The van der Waals surface area contributed by atoms with Crippen LogP contribution in [0.4, 0.5) is 5.69 Å². The van der Waals surface area contributed by atoms with Crippen molar-refractivity contribution < 1.29 is 19.2 Å². The van der Waals surface area contributed by atoms with E-state index in [0.29, 0.717) is 25.1 Å². The highest BCUT2D eigenvalue weighted by Crippen LogP contribution is 2.14. The van der Waals surface area contributed by atoms with Crippen molar-refractivity contribution in [2.45, 2.75) is 19.4 Å². The number of nitro benzene ring substituents is 1. The fourth-order valence-corrected chi connectivity index (χ4v) is 2.41. The number of benzene rings is 1. The lowest BCUT2D eigenvalue weighted by Gasteiger charge is -2.22. The summed E-state index contributed by atoms with van der Waals surface area (Å²) in [4.78, 5) is 39.8. The molecule has 0 saturated carbocycles. The highest BCUT2D eigenvalue weighted by atomic mass is 16.6. The minimum atomic E-state index is -0.519. The third-order valence-corrected chi connectivity index (χ3v) is 3.83. The molecule has 0 aliphatic heterocycles. The summed E-state index contributed by atoms with van der Waals surface area (Å²) in [5.74, 6) is -0.685. The summed E-state index contributed by atoms with van der Waals surface area (Å²) < 4.78 is 6.52. The molecule has 26 heavy (non-hydrogen) atoms. The van der Waals surface area contributed by atoms with Crippen LogP contribution >= 0.6 is 0 Å². The summed E-state index contributed by atoms with van der Waals surface area (Å²) in [6.07, 6.45) is 5.96. The first-order chi connectivity index (χ1) is 12.5. The Balaban J connectivity index is 2.03. The lowest BCUT2D eigenvalue weighted by molar-refractivity contribution is -0.384. The Bertz CT molecular complexity index is 743. The van der Waals surface area contributed by atoms with E-state index in [1.165, 1.54) is 31.4 Å². The normalized spacial score (nSPS) is 10.3. The van der Waals surface area contributed by atoms with E-state index in [-0.39, 0.29) is 24.6 Å². The van der Waals surface area contributed by atoms with E-state index in [9.17, 15) is 19.7 Å². The standard InChI is InChI=1S/C17H20N4O5/c1-26-16(22)7-11-20(10-2-9-19-12-8-18-13-19)17(23)14-3-5-15(6-4-14)21(24)25/h3-6,8,12-13H,2,7,9-11H2,1H3. The average molecular weight is 360 g/mol. The predicted octanol–water partition coefficient (Wildman–Crippen LogP) is 1.89. The summed E-state index contributed by atoms with van der Waals surface area (Å²) in [7, 11) is 1.30. The van der Waals surface area contributed by atoms with E-state index in [4.69, 9.17) is 0 Å². The fourth-order valence-electron chi connectivity index (χ4n) is 2.41. The van der Waals surface area contributed by atoms with E-state index in [1.54, 1.807) is 17.4 Å². The predicted molar refractivity (Wildman–Crippen MR) is 92.5 cm³/mol. The number of aromatic nitrogens is 2. The molecule has 9 heteroatoms. The number of methoxy groups -OCH3 is 1. The van der Waals surface area contributed by atoms with E-state index >= 15 is 0 Å². The lowest BCUT2D eigenvalue weighted by atomic mass is 10.1. The Morgan fingerprint density at radius 2 is 2.00 bits per heavy atom. The van der Waals surface area contributed by atoms with Crippen molar-refractivity contribution in [1.29, 1.82) is 0 Å². The van der Waals surface area contributed by atoms with Crippen molar-refractivity contribution in [3.05, 3.63) is 58.7 Å². The summed E-state index contributed by atoms with van der Waals surface area (Å²) in [5, 5.41) is 10.7. The largest absolute Gasteiger partial charge is 0.469 e. The second-order valence-electron chi connectivity index (χ2n) is 5.58. The number of carbonyl (C=O) groups excluding carboxylic acids is 2. The zero-order valence-corrected chi connectivity index (χ0v) is 14.4. The number of rotatable bonds is 9. The van der Waals surface area contributed by atoms with Crippen LogP contribution in [0.2, 0.25) is 0 Å². The zero-order valence-electron chi connectivity index (χ0n) is 14.4. The van der Waals surface area contributed by atoms with Crippen LogP contribution in [0.1, 0.15) is 23.2 Å². The molecule has 1 amide bonds. The molecule has 0 bridgehead atoms. The van der Waals surface area contributed by atoms with Crippen LogP contribution in [-0.2, 0) is 16.1 Å². The van der Waals surface area contributed by atoms with Crippen molar-refractivity contribution in [2.75, 3.05) is 20.2 Å². The van der Waals surface area contributed by atoms with Gasteiger partial charge in [-0.3, -0.25) is 19.7 Å². The molecule has 0 atom stereocenters. The van der Waals surface area contributed by atoms with Crippen molar-refractivity contribution in [1.82, 2.24) is 14.5 Å². The van der Waals surface area contributed by atoms with Gasteiger partial charge >= 0.3 is 5.97 Å². The lowest BCUT2D eigenvalue weighted by Crippen LogP contribution is -2.34. The molecule has 138 valence electrons. The molecule has 0 unspecified atom stereocenters. The van der Waals surface area contributed by atoms with Gasteiger partial charge in [0, 0.05) is 49.7 Å². The van der Waals surface area contributed by atoms with Crippen LogP contribution in [0.3, 0.4) is 0 Å². The Morgan fingerprint density at radius 1 is 1.27 bits per heavy atom. The first kappa shape index (κ1) is 19.1. The first-order valence-electron chi connectivity index (χ1n) is 8.07. The molecular formula is C17H20N4O5. The zero-order chi connectivity index (χ0) is 18.9. The van der Waals surface area contributed by atoms with Crippen molar-refractivity contribution >= 4 is 17.6 Å². The third-order valence-electron chi connectivity index (χ3n) is 3.83. The molecule has 0 fully saturated rings. The molecule has 0 spiro atoms. The van der Waals surface area contributed by atoms with Gasteiger partial charge < -0.3 is 14.2 Å². The molecular weight excluding hydrogens is 340 g/mol. The van der Waals surface area contributed by atoms with Crippen LogP contribution in [0.5, 0.6) is 0 Å². The highest BCUT2D eigenvalue weighted by Gasteiger charge is 2.18. The SMILES string of the molecule is COC(=O)CCN(CCCn1ccnc1)C(=O)c1ccc([N+](=O)[O-])cc1. The van der Waals surface area contributed by atoms with Crippen molar-refractivity contribution in [2.24, 2.45) is 0 Å². The average Bonchev–Trinajstić information content (AvgIpc) is 3.17. The van der Waals surface area contributed by atoms with Gasteiger partial charge in [-0.2, -0.15) is 0 Å². The van der Waals surface area contributed by atoms with Gasteiger partial charge in [-0.25, -0.2) is 4.98 Å². The molecule has 2 aromatic rings. The minimum absolute atomic E-state index is 0.0808. The molecule has 0 aliphatic carbocycles. The van der Waals surface area contributed by atoms with Gasteiger partial charge in [-0.05, 0) is 18.6 Å². The molecule has 0 radical (unpaired) electrons. The van der Waals surface area contributed by atoms with Gasteiger partial charge in [-0.1, -0.05) is 0 Å². The first-order valence-corrected chi connectivity index (χ1v) is 8.07. The second kappa shape index (κ2) is 9.30. The number of hydrogen-bond donors (Lipinski definition) is 0. The van der Waals surface area contributed by atoms with E-state index in [1.807, 2.05) is 10.8 Å². The van der Waals surface area contributed by atoms with Gasteiger partial charge in [0.05, 0.1) is 24.8 Å². The van der Waals surface area contributed by atoms with Gasteiger partial charge in [0.25, 0.3) is 11.6 Å². The third kappa shape index (κ3) is 5.40. The molecule has 0 saturated heterocycles. The Hall–Kier alpha value is -3.23. The van der Waals surface area contributed by atoms with Crippen LogP contribution in [0, 0.1) is 10.1 Å². The fraction of sp³-hybridized carbons (Fsp3) is 0.353. The number of hydrogen-bond acceptors (Lipinski definition) is 6. The van der Waals surface area contributed by atoms with E-state index in [0.717, 1.165) is 0 Å². The van der Waals surface area contributed by atoms with Crippen molar-refractivity contribution in [3.63, 3.8) is 0 Å². The number of esters is 1. The van der Waals surface area contributed by atoms with Gasteiger partial charge in [0.1, 0.15) is 0 Å². The second-order valence-corrected chi connectivity index (χ2v) is 5.58. The molecule has 9 nitrogen and oxygen atoms in total. The molecule has 0 N–H and O–H groups in total. The maximum atomic E-state index is 12.7. The van der Waals surface area contributed by atoms with Crippen LogP contribution in [0.25, 0.3) is 0 Å². The maximum absolute atomic E-state index is 12.7. The minimum Gasteiger partial charge on any atom is -0.469 e. The Morgan fingerprint density at radius 3 is 2.58 bits per heavy atom. The maximum Gasteiger partial charge on any atom is 0.307 e. The van der Waals surface area contributed by atoms with Crippen molar-refractivity contribution in [3.8, 4) is 0 Å². The van der Waals surface area contributed by atoms with E-state index in [2.05, 4.69) is 9.72 Å². The van der Waals surface area contributed by atoms with Crippen LogP contribution in [-0.4, -0.2) is 51.5 Å². The summed E-state index contributed by atoms with van der Waals surface area (Å²) >= 11 is 0. The number of amides is 1. The molecule has 1 aromatic carbocycles. The number of nitro groups is 1. The molecule has 2 rings (SSSR count). The Labute approximate surface area is 150 Å². The number of ether oxygens (including phenoxy) is 1. The number of carbonyl (C=O) groups is 2. The van der Waals surface area contributed by atoms with E-state index < -0.39 is 10.9 Å². The van der Waals surface area contributed by atoms with Gasteiger partial charge in [0.2, 0.25) is 0 Å². The molecule has 0 aliphatic rings. The number of aryl methyl sites for hydroxylation is 1. The van der Waals surface area contributed by atoms with Crippen LogP contribution < -0.4 is 0 Å². The number of imidazole rings is 1. The number of non-ortho nitro benzene ring substituents is 1.